The third kappa shape index (κ3) is 3.63. The predicted octanol–water partition coefficient (Wildman–Crippen LogP) is 6.49. The Balaban J connectivity index is 1.67. The minimum atomic E-state index is -0.819. The molecule has 8 heteroatoms. The van der Waals surface area contributed by atoms with E-state index in [1.54, 1.807) is 23.6 Å². The Bertz CT molecular complexity index is 1470. The highest BCUT2D eigenvalue weighted by Crippen LogP contribution is 2.42. The van der Waals surface area contributed by atoms with E-state index in [4.69, 9.17) is 5.73 Å². The Hall–Kier alpha value is -3.62. The van der Waals surface area contributed by atoms with Crippen LogP contribution in [-0.4, -0.2) is 15.9 Å². The molecule has 158 valence electrons. The summed E-state index contributed by atoms with van der Waals surface area (Å²) in [5, 5.41) is 13.2. The molecular weight excluding hydrogens is 450 g/mol. The van der Waals surface area contributed by atoms with Gasteiger partial charge in [-0.3, -0.25) is 4.79 Å². The summed E-state index contributed by atoms with van der Waals surface area (Å²) in [6.45, 7) is 0. The van der Waals surface area contributed by atoms with Gasteiger partial charge in [0.25, 0.3) is 0 Å². The minimum Gasteiger partial charge on any atom is -0.508 e. The number of benzene rings is 3. The maximum Gasteiger partial charge on any atom is 0.203 e. The summed E-state index contributed by atoms with van der Waals surface area (Å²) >= 11 is 2.60. The molecular formula is C24H14F2N2O2S2. The zero-order valence-electron chi connectivity index (χ0n) is 16.3. The van der Waals surface area contributed by atoms with Crippen LogP contribution in [0.5, 0.6) is 5.75 Å². The quantitative estimate of drug-likeness (QED) is 0.298. The normalized spacial score (nSPS) is 11.2. The highest BCUT2D eigenvalue weighted by molar-refractivity contribution is 7.21. The molecule has 0 saturated heterocycles. The van der Waals surface area contributed by atoms with Crippen LogP contribution >= 0.6 is 22.7 Å². The third-order valence-corrected chi connectivity index (χ3v) is 7.01. The highest BCUT2D eigenvalue weighted by atomic mass is 32.1. The average Bonchev–Trinajstić information content (AvgIpc) is 3.36. The van der Waals surface area contributed by atoms with Crippen LogP contribution in [0.2, 0.25) is 0 Å². The number of phenols is 1. The van der Waals surface area contributed by atoms with Crippen LogP contribution in [0.4, 0.5) is 14.6 Å². The van der Waals surface area contributed by atoms with Crippen LogP contribution < -0.4 is 5.73 Å². The van der Waals surface area contributed by atoms with Crippen molar-refractivity contribution >= 4 is 44.4 Å². The number of nitrogens with zero attached hydrogens (tertiary/aromatic N) is 1. The number of hydrogen-bond donors (Lipinski definition) is 2. The Morgan fingerprint density at radius 1 is 0.938 bits per heavy atom. The van der Waals surface area contributed by atoms with E-state index in [0.717, 1.165) is 39.7 Å². The Kier molecular flexibility index (Phi) is 4.96. The molecule has 0 aliphatic heterocycles. The van der Waals surface area contributed by atoms with Crippen molar-refractivity contribution < 1.29 is 18.7 Å². The molecule has 0 unspecified atom stereocenters. The first kappa shape index (κ1) is 20.3. The van der Waals surface area contributed by atoms with Gasteiger partial charge in [0.1, 0.15) is 28.2 Å². The number of rotatable bonds is 4. The van der Waals surface area contributed by atoms with Gasteiger partial charge >= 0.3 is 0 Å². The summed E-state index contributed by atoms with van der Waals surface area (Å²) in [7, 11) is 0. The average molecular weight is 465 g/mol. The number of thiazole rings is 1. The Morgan fingerprint density at radius 2 is 1.62 bits per heavy atom. The van der Waals surface area contributed by atoms with Gasteiger partial charge in [0.15, 0.2) is 0 Å². The lowest BCUT2D eigenvalue weighted by Crippen LogP contribution is -2.02. The van der Waals surface area contributed by atoms with Crippen molar-refractivity contribution in [3.8, 4) is 27.4 Å². The number of nitrogen functional groups attached to an aromatic ring is 1. The fourth-order valence-corrected chi connectivity index (χ4v) is 5.48. The van der Waals surface area contributed by atoms with Gasteiger partial charge in [0.2, 0.25) is 5.78 Å². The molecule has 0 aliphatic rings. The number of fused-ring (bicyclic) bond motifs is 1. The zero-order valence-corrected chi connectivity index (χ0v) is 17.9. The second-order valence-electron chi connectivity index (χ2n) is 7.13. The summed E-state index contributed by atoms with van der Waals surface area (Å²) in [6, 6.07) is 15.1. The molecule has 32 heavy (non-hydrogen) atoms. The summed E-state index contributed by atoms with van der Waals surface area (Å²) in [5.41, 5.74) is 7.93. The van der Waals surface area contributed by atoms with E-state index < -0.39 is 17.4 Å². The number of carbonyl (C=O) groups is 1. The number of nitrogens with two attached hydrogens (primary N) is 1. The molecule has 2 aromatic heterocycles. The van der Waals surface area contributed by atoms with Gasteiger partial charge < -0.3 is 10.8 Å². The molecule has 0 aliphatic carbocycles. The van der Waals surface area contributed by atoms with Gasteiger partial charge in [0, 0.05) is 38.2 Å². The van der Waals surface area contributed by atoms with E-state index in [0.29, 0.717) is 21.0 Å². The van der Waals surface area contributed by atoms with Crippen LogP contribution in [0, 0.1) is 11.6 Å². The van der Waals surface area contributed by atoms with Crippen molar-refractivity contribution in [2.45, 2.75) is 0 Å². The molecule has 4 nitrogen and oxygen atoms in total. The van der Waals surface area contributed by atoms with E-state index in [-0.39, 0.29) is 11.3 Å². The van der Waals surface area contributed by atoms with Crippen LogP contribution in [0.1, 0.15) is 15.2 Å². The number of halogens is 2. The van der Waals surface area contributed by atoms with Gasteiger partial charge in [-0.05, 0) is 35.9 Å². The first-order valence-electron chi connectivity index (χ1n) is 9.47. The molecule has 0 atom stereocenters. The topological polar surface area (TPSA) is 76.2 Å². The minimum absolute atomic E-state index is 0.0674. The van der Waals surface area contributed by atoms with Crippen LogP contribution in [0.25, 0.3) is 31.8 Å². The Labute approximate surface area is 189 Å². The smallest absolute Gasteiger partial charge is 0.203 e. The molecule has 3 aromatic carbocycles. The van der Waals surface area contributed by atoms with Crippen molar-refractivity contribution in [2.75, 3.05) is 5.73 Å². The SMILES string of the molecule is Nc1csc(-c2ccc(-c3c(C(=O)c4cc(F)cc(F)c4)sc4cc(O)ccc34)cc2)n1. The highest BCUT2D eigenvalue weighted by Gasteiger charge is 2.22. The largest absolute Gasteiger partial charge is 0.508 e. The lowest BCUT2D eigenvalue weighted by atomic mass is 9.97. The predicted molar refractivity (Wildman–Crippen MR) is 124 cm³/mol. The monoisotopic (exact) mass is 464 g/mol. The van der Waals surface area contributed by atoms with E-state index in [1.807, 2.05) is 24.3 Å². The molecule has 3 N–H and O–H groups in total. The number of aromatic nitrogens is 1. The standard InChI is InChI=1S/C24H14F2N2O2S2/c25-15-7-14(8-16(26)9-15)22(30)23-21(18-6-5-17(29)10-19(18)32-23)12-1-3-13(4-2-12)24-28-20(27)11-31-24/h1-11,29H,27H2. The van der Waals surface area contributed by atoms with E-state index in [1.165, 1.54) is 22.7 Å². The number of aromatic hydroxyl groups is 1. The van der Waals surface area contributed by atoms with Crippen LogP contribution in [0.3, 0.4) is 0 Å². The third-order valence-electron chi connectivity index (χ3n) is 4.95. The van der Waals surface area contributed by atoms with E-state index in [2.05, 4.69) is 4.98 Å². The maximum atomic E-state index is 13.8. The van der Waals surface area contributed by atoms with Crippen molar-refractivity contribution in [2.24, 2.45) is 0 Å². The van der Waals surface area contributed by atoms with Crippen molar-refractivity contribution in [1.82, 2.24) is 4.98 Å². The molecule has 2 heterocycles. The second-order valence-corrected chi connectivity index (χ2v) is 9.04. The fraction of sp³-hybridized carbons (Fsp3) is 0. The molecule has 0 amide bonds. The van der Waals surface area contributed by atoms with Crippen LogP contribution in [-0.2, 0) is 0 Å². The first-order chi connectivity index (χ1) is 15.4. The van der Waals surface area contributed by atoms with Gasteiger partial charge in [-0.1, -0.05) is 24.3 Å². The summed E-state index contributed by atoms with van der Waals surface area (Å²) in [6.07, 6.45) is 0. The molecule has 0 saturated carbocycles. The molecule has 5 aromatic rings. The van der Waals surface area contributed by atoms with E-state index in [9.17, 15) is 18.7 Å². The molecule has 0 fully saturated rings. The zero-order chi connectivity index (χ0) is 22.4. The molecule has 0 spiro atoms. The fourth-order valence-electron chi connectivity index (χ4n) is 3.55. The number of anilines is 1. The van der Waals surface area contributed by atoms with Gasteiger partial charge in [-0.25, -0.2) is 13.8 Å². The number of ketones is 1. The first-order valence-corrected chi connectivity index (χ1v) is 11.2. The van der Waals surface area contributed by atoms with Crippen LogP contribution in [0.15, 0.2) is 66.0 Å². The Morgan fingerprint density at radius 3 is 2.28 bits per heavy atom. The van der Waals surface area contributed by atoms with Gasteiger partial charge in [-0.15, -0.1) is 22.7 Å². The second kappa shape index (κ2) is 7.81. The summed E-state index contributed by atoms with van der Waals surface area (Å²) in [4.78, 5) is 17.9. The summed E-state index contributed by atoms with van der Waals surface area (Å²) in [5.74, 6) is -1.61. The lowest BCUT2D eigenvalue weighted by molar-refractivity contribution is 0.104. The van der Waals surface area contributed by atoms with Crippen molar-refractivity contribution in [3.05, 3.63) is 88.1 Å². The molecule has 0 bridgehead atoms. The summed E-state index contributed by atoms with van der Waals surface area (Å²) < 4.78 is 28.2. The number of thiophene rings is 1. The van der Waals surface area contributed by atoms with E-state index >= 15 is 0 Å². The van der Waals surface area contributed by atoms with Crippen molar-refractivity contribution in [3.63, 3.8) is 0 Å². The molecule has 0 radical (unpaired) electrons. The number of carbonyl (C=O) groups excluding carboxylic acids is 1. The number of phenolic OH excluding ortho intramolecular Hbond substituents is 1. The van der Waals surface area contributed by atoms with Crippen molar-refractivity contribution in [1.29, 1.82) is 0 Å². The maximum absolute atomic E-state index is 13.8. The van der Waals surface area contributed by atoms with Gasteiger partial charge in [0.05, 0.1) is 4.88 Å². The molecule has 5 rings (SSSR count). The lowest BCUT2D eigenvalue weighted by Gasteiger charge is -2.07. The van der Waals surface area contributed by atoms with Gasteiger partial charge in [-0.2, -0.15) is 0 Å². The number of hydrogen-bond acceptors (Lipinski definition) is 6.